The molecule has 0 aliphatic carbocycles. The van der Waals surface area contributed by atoms with Gasteiger partial charge in [0.25, 0.3) is 5.78 Å². The zero-order chi connectivity index (χ0) is 28.8. The Bertz CT molecular complexity index is 1860. The predicted octanol–water partition coefficient (Wildman–Crippen LogP) is 6.08. The van der Waals surface area contributed by atoms with E-state index in [1.807, 2.05) is 53.9 Å². The third kappa shape index (κ3) is 4.86. The van der Waals surface area contributed by atoms with Crippen molar-refractivity contribution < 1.29 is 19.8 Å². The van der Waals surface area contributed by atoms with E-state index in [9.17, 15) is 19.8 Å². The average molecular weight is 604 g/mol. The molecule has 0 spiro atoms. The fraction of sp³-hybridized carbons (Fsp3) is 0.138. The van der Waals surface area contributed by atoms with E-state index in [1.165, 1.54) is 28.8 Å². The summed E-state index contributed by atoms with van der Waals surface area (Å²) in [5.74, 6) is -1.59. The minimum atomic E-state index is -1.06. The van der Waals surface area contributed by atoms with E-state index < -0.39 is 23.5 Å². The van der Waals surface area contributed by atoms with Gasteiger partial charge in [-0.15, -0.1) is 10.2 Å². The number of hydrogen-bond donors (Lipinski definition) is 2. The summed E-state index contributed by atoms with van der Waals surface area (Å²) in [5, 5.41) is 31.1. The lowest BCUT2D eigenvalue weighted by molar-refractivity contribution is -0.132. The van der Waals surface area contributed by atoms with Crippen molar-refractivity contribution in [2.24, 2.45) is 0 Å². The van der Waals surface area contributed by atoms with Gasteiger partial charge in [-0.05, 0) is 60.9 Å². The Hall–Kier alpha value is -4.19. The summed E-state index contributed by atoms with van der Waals surface area (Å²) in [5.41, 5.74) is 3.63. The molecule has 1 fully saturated rings. The first-order valence-electron chi connectivity index (χ1n) is 12.5. The second-order valence-electron chi connectivity index (χ2n) is 9.46. The molecular weight excluding hydrogens is 582 g/mol. The lowest BCUT2D eigenvalue weighted by atomic mass is 9.96. The van der Waals surface area contributed by atoms with Gasteiger partial charge in [-0.1, -0.05) is 65.0 Å². The fourth-order valence-electron chi connectivity index (χ4n) is 4.80. The van der Waals surface area contributed by atoms with Gasteiger partial charge in [-0.25, -0.2) is 4.98 Å². The number of benzene rings is 2. The number of aromatic nitrogens is 4. The molecule has 1 aliphatic rings. The molecule has 1 aliphatic heterocycles. The summed E-state index contributed by atoms with van der Waals surface area (Å²) < 4.78 is 2.41. The van der Waals surface area contributed by atoms with Crippen LogP contribution in [0.5, 0.6) is 5.75 Å². The first-order valence-corrected chi connectivity index (χ1v) is 14.7. The molecule has 5 aromatic rings. The first kappa shape index (κ1) is 27.0. The van der Waals surface area contributed by atoms with Crippen LogP contribution in [0, 0.1) is 13.8 Å². The second kappa shape index (κ2) is 10.7. The van der Waals surface area contributed by atoms with E-state index in [-0.39, 0.29) is 22.1 Å². The summed E-state index contributed by atoms with van der Waals surface area (Å²) in [6.07, 6.45) is 1.82. The largest absolute Gasteiger partial charge is 0.508 e. The third-order valence-corrected chi connectivity index (χ3v) is 9.20. The van der Waals surface area contributed by atoms with Crippen molar-refractivity contribution in [2.75, 3.05) is 4.90 Å². The molecule has 4 heterocycles. The normalized spacial score (nSPS) is 16.7. The number of rotatable bonds is 6. The van der Waals surface area contributed by atoms with Gasteiger partial charge in [0.1, 0.15) is 17.1 Å². The van der Waals surface area contributed by atoms with Crippen molar-refractivity contribution in [1.29, 1.82) is 0 Å². The molecule has 1 amide bonds. The molecule has 206 valence electrons. The molecule has 1 atom stereocenters. The molecule has 41 heavy (non-hydrogen) atoms. The van der Waals surface area contributed by atoms with Crippen LogP contribution in [0.2, 0.25) is 5.02 Å². The fourth-order valence-corrected chi connectivity index (χ4v) is 6.75. The molecule has 12 heteroatoms. The minimum absolute atomic E-state index is 0.0518. The summed E-state index contributed by atoms with van der Waals surface area (Å²) >= 11 is 8.57. The Morgan fingerprint density at radius 2 is 1.85 bits per heavy atom. The number of aryl methyl sites for hydroxylation is 2. The van der Waals surface area contributed by atoms with Crippen LogP contribution in [0.1, 0.15) is 34.1 Å². The molecule has 9 nitrogen and oxygen atoms in total. The smallest absolute Gasteiger partial charge is 0.301 e. The summed E-state index contributed by atoms with van der Waals surface area (Å²) in [6, 6.07) is 16.4. The average Bonchev–Trinajstić information content (AvgIpc) is 3.63. The van der Waals surface area contributed by atoms with E-state index in [1.54, 1.807) is 19.1 Å². The number of thioether (sulfide) groups is 1. The molecule has 0 radical (unpaired) electrons. The molecule has 3 aromatic heterocycles. The minimum Gasteiger partial charge on any atom is -0.508 e. The number of carbonyl (C=O) groups excluding carboxylic acids is 2. The van der Waals surface area contributed by atoms with Gasteiger partial charge in [0.15, 0.2) is 10.1 Å². The highest BCUT2D eigenvalue weighted by molar-refractivity contribution is 8.00. The van der Waals surface area contributed by atoms with Crippen molar-refractivity contribution in [1.82, 2.24) is 19.6 Å². The third-order valence-electron chi connectivity index (χ3n) is 6.82. The molecular formula is C29H22ClN5O4S2. The number of aliphatic hydroxyl groups excluding tert-OH is 1. The van der Waals surface area contributed by atoms with Gasteiger partial charge in [0.2, 0.25) is 5.13 Å². The van der Waals surface area contributed by atoms with Crippen LogP contribution in [0.25, 0.3) is 11.4 Å². The number of halogens is 1. The first-order chi connectivity index (χ1) is 19.7. The molecule has 0 bridgehead atoms. The zero-order valence-electron chi connectivity index (χ0n) is 21.8. The molecule has 0 saturated carbocycles. The number of aromatic hydroxyl groups is 1. The van der Waals surface area contributed by atoms with E-state index >= 15 is 0 Å². The molecule has 1 unspecified atom stereocenters. The van der Waals surface area contributed by atoms with Crippen molar-refractivity contribution >= 4 is 62.9 Å². The van der Waals surface area contributed by atoms with Crippen molar-refractivity contribution in [3.05, 3.63) is 106 Å². The van der Waals surface area contributed by atoms with Gasteiger partial charge in [0, 0.05) is 17.0 Å². The number of Topliss-reactive ketones (excluding diaryl/α,β-unsaturated/α-hetero) is 1. The number of hydrogen-bond acceptors (Lipinski definition) is 9. The Morgan fingerprint density at radius 3 is 2.59 bits per heavy atom. The summed E-state index contributed by atoms with van der Waals surface area (Å²) in [7, 11) is 0. The SMILES string of the molecule is Cc1cccn2c(C)c(/C(O)=C3\C(=O)C(=O)N(c4nnc(SCc5ccc(Cl)cc5)s4)C3c3cccc(O)c3)nc12. The van der Waals surface area contributed by atoms with Crippen molar-refractivity contribution in [2.45, 2.75) is 30.0 Å². The quantitative estimate of drug-likeness (QED) is 0.0787. The number of aliphatic hydroxyl groups is 1. The van der Waals surface area contributed by atoms with Crippen molar-refractivity contribution in [3.8, 4) is 5.75 Å². The van der Waals surface area contributed by atoms with Crippen LogP contribution in [-0.2, 0) is 15.3 Å². The topological polar surface area (TPSA) is 121 Å². The highest BCUT2D eigenvalue weighted by Crippen LogP contribution is 2.44. The Labute approximate surface area is 247 Å². The number of anilines is 1. The zero-order valence-corrected chi connectivity index (χ0v) is 24.2. The maximum Gasteiger partial charge on any atom is 0.301 e. The standard InChI is InChI=1S/C29H22ClN5O4S2/c1-15-5-4-12-34-16(2)22(31-26(15)34)24(37)21-23(18-6-3-7-20(36)13-18)35(27(39)25(21)38)28-32-33-29(41-28)40-14-17-8-10-19(30)11-9-17/h3-13,23,36-37H,14H2,1-2H3/b24-21+. The molecule has 6 rings (SSSR count). The van der Waals surface area contributed by atoms with Gasteiger partial charge in [-0.3, -0.25) is 14.5 Å². The van der Waals surface area contributed by atoms with E-state index in [0.29, 0.717) is 32.0 Å². The monoisotopic (exact) mass is 603 g/mol. The molecule has 2 N–H and O–H groups in total. The molecule has 1 saturated heterocycles. The van der Waals surface area contributed by atoms with E-state index in [4.69, 9.17) is 11.6 Å². The highest BCUT2D eigenvalue weighted by atomic mass is 35.5. The van der Waals surface area contributed by atoms with Crippen LogP contribution in [0.4, 0.5) is 5.13 Å². The molecule has 2 aromatic carbocycles. The van der Waals surface area contributed by atoms with Crippen LogP contribution in [0.15, 0.2) is 76.8 Å². The van der Waals surface area contributed by atoms with Crippen LogP contribution >= 0.6 is 34.7 Å². The number of imidazole rings is 1. The van der Waals surface area contributed by atoms with Crippen LogP contribution in [0.3, 0.4) is 0 Å². The maximum atomic E-state index is 13.5. The Balaban J connectivity index is 1.43. The number of fused-ring (bicyclic) bond motifs is 1. The van der Waals surface area contributed by atoms with Crippen LogP contribution < -0.4 is 4.90 Å². The van der Waals surface area contributed by atoms with Gasteiger partial charge in [-0.2, -0.15) is 0 Å². The number of carbonyl (C=O) groups is 2. The summed E-state index contributed by atoms with van der Waals surface area (Å²) in [6.45, 7) is 3.68. The lowest BCUT2D eigenvalue weighted by Crippen LogP contribution is -2.29. The number of amides is 1. The predicted molar refractivity (Wildman–Crippen MR) is 158 cm³/mol. The van der Waals surface area contributed by atoms with Crippen LogP contribution in [-0.4, -0.2) is 41.5 Å². The maximum absolute atomic E-state index is 13.5. The number of pyridine rings is 1. The Morgan fingerprint density at radius 1 is 1.07 bits per heavy atom. The van der Waals surface area contributed by atoms with Crippen molar-refractivity contribution in [3.63, 3.8) is 0 Å². The number of nitrogens with zero attached hydrogens (tertiary/aromatic N) is 5. The number of phenols is 1. The van der Waals surface area contributed by atoms with Gasteiger partial charge < -0.3 is 14.6 Å². The number of ketones is 1. The number of phenolic OH excluding ortho intramolecular Hbond substituents is 1. The Kier molecular flexibility index (Phi) is 7.02. The van der Waals surface area contributed by atoms with E-state index in [2.05, 4.69) is 15.2 Å². The summed E-state index contributed by atoms with van der Waals surface area (Å²) in [4.78, 5) is 32.9. The van der Waals surface area contributed by atoms with Gasteiger partial charge >= 0.3 is 5.91 Å². The van der Waals surface area contributed by atoms with Gasteiger partial charge in [0.05, 0.1) is 17.3 Å². The second-order valence-corrected chi connectivity index (χ2v) is 12.1. The highest BCUT2D eigenvalue weighted by Gasteiger charge is 2.49. The lowest BCUT2D eigenvalue weighted by Gasteiger charge is -2.22. The van der Waals surface area contributed by atoms with E-state index in [0.717, 1.165) is 22.5 Å².